The molecule has 3 heterocycles. The van der Waals surface area contributed by atoms with Crippen LogP contribution >= 0.6 is 12.2 Å². The fourth-order valence-electron chi connectivity index (χ4n) is 4.56. The van der Waals surface area contributed by atoms with Crippen molar-refractivity contribution < 1.29 is 4.79 Å². The van der Waals surface area contributed by atoms with Gasteiger partial charge in [0, 0.05) is 49.2 Å². The highest BCUT2D eigenvalue weighted by Gasteiger charge is 2.42. The van der Waals surface area contributed by atoms with Crippen LogP contribution in [0.1, 0.15) is 23.5 Å². The predicted octanol–water partition coefficient (Wildman–Crippen LogP) is 4.55. The number of pyridine rings is 1. The van der Waals surface area contributed by atoms with Crippen molar-refractivity contribution >= 4 is 34.6 Å². The van der Waals surface area contributed by atoms with Crippen LogP contribution < -0.4 is 15.5 Å². The molecule has 182 valence electrons. The van der Waals surface area contributed by atoms with Gasteiger partial charge in [0.05, 0.1) is 17.8 Å². The number of para-hydroxylation sites is 1. The second-order valence-corrected chi connectivity index (χ2v) is 9.27. The summed E-state index contributed by atoms with van der Waals surface area (Å²) in [6.45, 7) is 0.111. The summed E-state index contributed by atoms with van der Waals surface area (Å²) in [7, 11) is 4.05. The van der Waals surface area contributed by atoms with Gasteiger partial charge in [0.2, 0.25) is 5.91 Å². The van der Waals surface area contributed by atoms with Gasteiger partial charge in [0.1, 0.15) is 6.54 Å². The molecule has 7 nitrogen and oxygen atoms in total. The molecule has 1 aliphatic rings. The fraction of sp³-hybridized carbons (Fsp3) is 0.179. The summed E-state index contributed by atoms with van der Waals surface area (Å²) in [6, 6.07) is 27.3. The molecule has 36 heavy (non-hydrogen) atoms. The molecule has 1 aliphatic heterocycles. The molecule has 1 amide bonds. The Balaban J connectivity index is 1.50. The molecular formula is C28H28N6OS. The van der Waals surface area contributed by atoms with E-state index in [-0.39, 0.29) is 24.5 Å². The van der Waals surface area contributed by atoms with Crippen LogP contribution in [0.25, 0.3) is 5.69 Å². The van der Waals surface area contributed by atoms with Crippen molar-refractivity contribution in [1.29, 1.82) is 0 Å². The van der Waals surface area contributed by atoms with Gasteiger partial charge in [-0.05, 0) is 72.9 Å². The highest BCUT2D eigenvalue weighted by molar-refractivity contribution is 7.80. The zero-order valence-electron chi connectivity index (χ0n) is 20.2. The Morgan fingerprint density at radius 1 is 1.00 bits per heavy atom. The molecule has 2 N–H and O–H groups in total. The second-order valence-electron chi connectivity index (χ2n) is 8.88. The Kier molecular flexibility index (Phi) is 6.69. The van der Waals surface area contributed by atoms with E-state index in [0.29, 0.717) is 5.11 Å². The number of rotatable bonds is 7. The lowest BCUT2D eigenvalue weighted by Crippen LogP contribution is -2.37. The van der Waals surface area contributed by atoms with E-state index in [0.717, 1.165) is 28.5 Å². The Bertz CT molecular complexity index is 1340. The second kappa shape index (κ2) is 10.2. The maximum absolute atomic E-state index is 13.1. The van der Waals surface area contributed by atoms with Crippen molar-refractivity contribution in [3.63, 3.8) is 0 Å². The number of carbonyl (C=O) groups is 1. The minimum Gasteiger partial charge on any atom is -0.378 e. The van der Waals surface area contributed by atoms with E-state index >= 15 is 0 Å². The van der Waals surface area contributed by atoms with Crippen molar-refractivity contribution in [2.24, 2.45) is 0 Å². The summed E-state index contributed by atoms with van der Waals surface area (Å²) in [6.07, 6.45) is 3.82. The van der Waals surface area contributed by atoms with Crippen LogP contribution in [-0.4, -0.2) is 46.1 Å². The lowest BCUT2D eigenvalue weighted by molar-refractivity contribution is -0.116. The van der Waals surface area contributed by atoms with Crippen molar-refractivity contribution in [2.75, 3.05) is 30.9 Å². The molecule has 5 rings (SSSR count). The van der Waals surface area contributed by atoms with Crippen molar-refractivity contribution in [1.82, 2.24) is 19.8 Å². The molecule has 1 saturated heterocycles. The number of hydrogen-bond acceptors (Lipinski definition) is 4. The van der Waals surface area contributed by atoms with E-state index in [2.05, 4.69) is 55.4 Å². The number of benzene rings is 2. The zero-order valence-corrected chi connectivity index (χ0v) is 21.0. The first-order valence-corrected chi connectivity index (χ1v) is 12.2. The van der Waals surface area contributed by atoms with Crippen LogP contribution in [0.3, 0.4) is 0 Å². The number of aromatic nitrogens is 2. The Morgan fingerprint density at radius 2 is 1.75 bits per heavy atom. The van der Waals surface area contributed by atoms with E-state index in [9.17, 15) is 4.79 Å². The summed E-state index contributed by atoms with van der Waals surface area (Å²) in [5.74, 6) is -0.134. The number of amides is 1. The van der Waals surface area contributed by atoms with E-state index in [1.54, 1.807) is 6.20 Å². The summed E-state index contributed by atoms with van der Waals surface area (Å²) in [5.41, 5.74) is 4.80. The first-order chi connectivity index (χ1) is 17.5. The minimum atomic E-state index is -0.238. The molecule has 8 heteroatoms. The highest BCUT2D eigenvalue weighted by Crippen LogP contribution is 2.39. The number of nitrogens with one attached hydrogen (secondary N) is 2. The van der Waals surface area contributed by atoms with Gasteiger partial charge in [-0.1, -0.05) is 24.3 Å². The third-order valence-corrected chi connectivity index (χ3v) is 6.65. The van der Waals surface area contributed by atoms with Crippen LogP contribution in [-0.2, 0) is 4.79 Å². The standard InChI is InChI=1S/C28H28N6OS/c1-32(2)21-13-15-22(16-14-21)33-18-8-12-24(33)27-26(23-11-6-7-17-29-23)31-28(36)34(27)19-25(35)30-20-9-4-3-5-10-20/h3-18,26-27H,19H2,1-2H3,(H,30,35)(H,31,36)/t26-,27+/m1/s1. The van der Waals surface area contributed by atoms with Gasteiger partial charge in [0.15, 0.2) is 5.11 Å². The SMILES string of the molecule is CN(C)c1ccc(-n2cccc2[C@H]2[C@@H](c3ccccn3)NC(=S)N2CC(=O)Nc2ccccc2)cc1. The number of carbonyl (C=O) groups excluding carboxylic acids is 1. The summed E-state index contributed by atoms with van der Waals surface area (Å²) >= 11 is 5.75. The summed E-state index contributed by atoms with van der Waals surface area (Å²) in [5, 5.41) is 6.93. The monoisotopic (exact) mass is 496 g/mol. The molecule has 2 atom stereocenters. The normalized spacial score (nSPS) is 17.1. The highest BCUT2D eigenvalue weighted by atomic mass is 32.1. The van der Waals surface area contributed by atoms with Gasteiger partial charge in [-0.15, -0.1) is 0 Å². The Hall–Kier alpha value is -4.17. The number of hydrogen-bond donors (Lipinski definition) is 2. The van der Waals surface area contributed by atoms with Crippen molar-refractivity contribution in [3.05, 3.63) is 109 Å². The van der Waals surface area contributed by atoms with Gasteiger partial charge in [-0.3, -0.25) is 9.78 Å². The van der Waals surface area contributed by atoms with Crippen LogP contribution in [0.5, 0.6) is 0 Å². The lowest BCUT2D eigenvalue weighted by Gasteiger charge is -2.28. The zero-order chi connectivity index (χ0) is 25.1. The molecule has 0 bridgehead atoms. The van der Waals surface area contributed by atoms with Gasteiger partial charge in [0.25, 0.3) is 0 Å². The molecule has 0 saturated carbocycles. The van der Waals surface area contributed by atoms with Gasteiger partial charge in [-0.25, -0.2) is 0 Å². The van der Waals surface area contributed by atoms with E-state index in [1.165, 1.54) is 0 Å². The fourth-order valence-corrected chi connectivity index (χ4v) is 4.86. The largest absolute Gasteiger partial charge is 0.378 e. The van der Waals surface area contributed by atoms with E-state index < -0.39 is 0 Å². The van der Waals surface area contributed by atoms with Gasteiger partial charge >= 0.3 is 0 Å². The van der Waals surface area contributed by atoms with Crippen LogP contribution in [0.2, 0.25) is 0 Å². The first kappa shape index (κ1) is 23.6. The van der Waals surface area contributed by atoms with Crippen molar-refractivity contribution in [2.45, 2.75) is 12.1 Å². The smallest absolute Gasteiger partial charge is 0.244 e. The molecule has 1 fully saturated rings. The van der Waals surface area contributed by atoms with Crippen LogP contribution in [0.4, 0.5) is 11.4 Å². The average Bonchev–Trinajstić information content (AvgIpc) is 3.50. The summed E-state index contributed by atoms with van der Waals surface area (Å²) in [4.78, 5) is 21.7. The Labute approximate surface area is 216 Å². The van der Waals surface area contributed by atoms with Crippen LogP contribution in [0.15, 0.2) is 97.3 Å². The molecule has 2 aromatic carbocycles. The first-order valence-electron chi connectivity index (χ1n) is 11.8. The van der Waals surface area contributed by atoms with Gasteiger partial charge < -0.3 is 25.0 Å². The third-order valence-electron chi connectivity index (χ3n) is 6.30. The van der Waals surface area contributed by atoms with E-state index in [4.69, 9.17) is 12.2 Å². The molecule has 0 unspecified atom stereocenters. The molecule has 0 spiro atoms. The maximum atomic E-state index is 13.1. The van der Waals surface area contributed by atoms with Crippen molar-refractivity contribution in [3.8, 4) is 5.69 Å². The third kappa shape index (κ3) is 4.81. The summed E-state index contributed by atoms with van der Waals surface area (Å²) < 4.78 is 2.15. The molecule has 2 aromatic heterocycles. The lowest BCUT2D eigenvalue weighted by atomic mass is 10.0. The average molecular weight is 497 g/mol. The molecule has 0 aliphatic carbocycles. The number of nitrogens with zero attached hydrogens (tertiary/aromatic N) is 4. The predicted molar refractivity (Wildman–Crippen MR) is 147 cm³/mol. The maximum Gasteiger partial charge on any atom is 0.244 e. The quantitative estimate of drug-likeness (QED) is 0.366. The number of thiocarbonyl (C=S) groups is 1. The topological polar surface area (TPSA) is 65.4 Å². The Morgan fingerprint density at radius 3 is 2.44 bits per heavy atom. The van der Waals surface area contributed by atoms with Crippen LogP contribution in [0, 0.1) is 0 Å². The minimum absolute atomic E-state index is 0.111. The molecule has 0 radical (unpaired) electrons. The molecular weight excluding hydrogens is 468 g/mol. The van der Waals surface area contributed by atoms with Gasteiger partial charge in [-0.2, -0.15) is 0 Å². The molecule has 4 aromatic rings. The number of anilines is 2. The van der Waals surface area contributed by atoms with E-state index in [1.807, 2.05) is 79.8 Å².